The summed E-state index contributed by atoms with van der Waals surface area (Å²) < 4.78 is 0. The molecule has 2 amide bonds. The third-order valence-corrected chi connectivity index (χ3v) is 6.25. The van der Waals surface area contributed by atoms with E-state index in [-0.39, 0.29) is 23.3 Å². The van der Waals surface area contributed by atoms with Crippen LogP contribution in [0.25, 0.3) is 0 Å². The van der Waals surface area contributed by atoms with Crippen molar-refractivity contribution < 1.29 is 9.59 Å². The Morgan fingerprint density at radius 3 is 2.38 bits per heavy atom. The van der Waals surface area contributed by atoms with Crippen LogP contribution in [0.15, 0.2) is 0 Å². The van der Waals surface area contributed by atoms with Crippen LogP contribution in [0.1, 0.15) is 65.7 Å². The van der Waals surface area contributed by atoms with E-state index in [4.69, 9.17) is 0 Å². The minimum atomic E-state index is -0.656. The maximum atomic E-state index is 13.0. The standard InChI is InChI=1S/C17H28N2O2/c1-4-17(9-5-6-10-17)11-19-12(2)14(20)18-16(3,15(19)21)13-7-8-13/h12-13H,4-11H2,1-3H3,(H,18,20). The van der Waals surface area contributed by atoms with Crippen molar-refractivity contribution >= 4 is 11.8 Å². The van der Waals surface area contributed by atoms with Gasteiger partial charge in [-0.1, -0.05) is 19.8 Å². The molecule has 4 heteroatoms. The van der Waals surface area contributed by atoms with Gasteiger partial charge in [0.05, 0.1) is 0 Å². The molecule has 0 aromatic carbocycles. The second kappa shape index (κ2) is 4.99. The SMILES string of the molecule is CCC1(CN2C(=O)C(C)(C3CC3)NC(=O)C2C)CCCC1. The number of nitrogens with one attached hydrogen (secondary N) is 1. The minimum absolute atomic E-state index is 0.0215. The highest BCUT2D eigenvalue weighted by atomic mass is 16.2. The first kappa shape index (κ1) is 14.9. The lowest BCUT2D eigenvalue weighted by atomic mass is 9.80. The summed E-state index contributed by atoms with van der Waals surface area (Å²) in [5.41, 5.74) is -0.414. The van der Waals surface area contributed by atoms with E-state index in [1.165, 1.54) is 25.7 Å². The van der Waals surface area contributed by atoms with Crippen molar-refractivity contribution in [1.82, 2.24) is 10.2 Å². The van der Waals surface area contributed by atoms with E-state index < -0.39 is 5.54 Å². The van der Waals surface area contributed by atoms with Crippen LogP contribution in [0.2, 0.25) is 0 Å². The van der Waals surface area contributed by atoms with Crippen LogP contribution in [0, 0.1) is 11.3 Å². The fourth-order valence-corrected chi connectivity index (χ4v) is 4.29. The van der Waals surface area contributed by atoms with E-state index in [9.17, 15) is 9.59 Å². The number of carbonyl (C=O) groups excluding carboxylic acids is 2. The molecule has 0 radical (unpaired) electrons. The van der Waals surface area contributed by atoms with Crippen molar-refractivity contribution in [2.45, 2.75) is 77.3 Å². The van der Waals surface area contributed by atoms with Crippen molar-refractivity contribution in [3.05, 3.63) is 0 Å². The monoisotopic (exact) mass is 292 g/mol. The molecule has 0 spiro atoms. The highest BCUT2D eigenvalue weighted by molar-refractivity contribution is 5.99. The predicted octanol–water partition coefficient (Wildman–Crippen LogP) is 2.47. The van der Waals surface area contributed by atoms with Gasteiger partial charge in [-0.25, -0.2) is 0 Å². The van der Waals surface area contributed by atoms with Crippen LogP contribution < -0.4 is 5.32 Å². The largest absolute Gasteiger partial charge is 0.340 e. The molecule has 3 rings (SSSR count). The average molecular weight is 292 g/mol. The Kier molecular flexibility index (Phi) is 3.53. The molecule has 1 saturated heterocycles. The van der Waals surface area contributed by atoms with Crippen LogP contribution in [0.5, 0.6) is 0 Å². The second-order valence-electron chi connectivity index (χ2n) is 7.64. The second-order valence-corrected chi connectivity index (χ2v) is 7.64. The van der Waals surface area contributed by atoms with Gasteiger partial charge < -0.3 is 10.2 Å². The first-order valence-electron chi connectivity index (χ1n) is 8.55. The smallest absolute Gasteiger partial charge is 0.249 e. The molecule has 118 valence electrons. The van der Waals surface area contributed by atoms with Crippen molar-refractivity contribution in [1.29, 1.82) is 0 Å². The van der Waals surface area contributed by atoms with E-state index in [2.05, 4.69) is 12.2 Å². The van der Waals surface area contributed by atoms with Crippen LogP contribution in [-0.4, -0.2) is 34.8 Å². The number of rotatable bonds is 4. The van der Waals surface area contributed by atoms with Crippen molar-refractivity contribution in [2.24, 2.45) is 11.3 Å². The molecule has 0 bridgehead atoms. The highest BCUT2D eigenvalue weighted by Gasteiger charge is 2.55. The summed E-state index contributed by atoms with van der Waals surface area (Å²) in [7, 11) is 0. The van der Waals surface area contributed by atoms with Gasteiger partial charge in [0.15, 0.2) is 0 Å². The van der Waals surface area contributed by atoms with Crippen LogP contribution in [-0.2, 0) is 9.59 Å². The van der Waals surface area contributed by atoms with Crippen molar-refractivity contribution in [2.75, 3.05) is 6.54 Å². The maximum Gasteiger partial charge on any atom is 0.249 e. The fraction of sp³-hybridized carbons (Fsp3) is 0.882. The molecule has 1 N–H and O–H groups in total. The fourth-order valence-electron chi connectivity index (χ4n) is 4.29. The summed E-state index contributed by atoms with van der Waals surface area (Å²) in [6.45, 7) is 6.79. The van der Waals surface area contributed by atoms with Gasteiger partial charge in [0.2, 0.25) is 11.8 Å². The van der Waals surface area contributed by atoms with Crippen LogP contribution in [0.3, 0.4) is 0 Å². The quantitative estimate of drug-likeness (QED) is 0.865. The topological polar surface area (TPSA) is 49.4 Å². The van der Waals surface area contributed by atoms with Crippen molar-refractivity contribution in [3.8, 4) is 0 Å². The molecular weight excluding hydrogens is 264 g/mol. The molecule has 2 unspecified atom stereocenters. The normalized spacial score (nSPS) is 36.0. The molecule has 3 aliphatic rings. The molecule has 1 heterocycles. The molecule has 4 nitrogen and oxygen atoms in total. The average Bonchev–Trinajstić information content (AvgIpc) is 3.23. The number of amides is 2. The Hall–Kier alpha value is -1.06. The van der Waals surface area contributed by atoms with Gasteiger partial charge in [0.25, 0.3) is 0 Å². The summed E-state index contributed by atoms with van der Waals surface area (Å²) in [5.74, 6) is 0.509. The molecule has 2 atom stereocenters. The molecule has 0 aromatic rings. The Bertz CT molecular complexity index is 452. The molecular formula is C17H28N2O2. The number of hydrogen-bond donors (Lipinski definition) is 1. The molecule has 2 saturated carbocycles. The summed E-state index contributed by atoms with van der Waals surface area (Å²) in [5, 5.41) is 3.01. The zero-order valence-electron chi connectivity index (χ0n) is 13.6. The third-order valence-electron chi connectivity index (χ3n) is 6.25. The zero-order chi connectivity index (χ0) is 15.3. The van der Waals surface area contributed by atoms with E-state index in [1.54, 1.807) is 0 Å². The number of piperazine rings is 1. The molecule has 3 fully saturated rings. The third kappa shape index (κ3) is 2.36. The molecule has 0 aromatic heterocycles. The van der Waals surface area contributed by atoms with E-state index in [0.717, 1.165) is 25.8 Å². The van der Waals surface area contributed by atoms with E-state index in [1.807, 2.05) is 18.7 Å². The summed E-state index contributed by atoms with van der Waals surface area (Å²) in [6, 6.07) is -0.326. The summed E-state index contributed by atoms with van der Waals surface area (Å²) in [6.07, 6.45) is 8.13. The summed E-state index contributed by atoms with van der Waals surface area (Å²) >= 11 is 0. The Labute approximate surface area is 127 Å². The molecule has 2 aliphatic carbocycles. The van der Waals surface area contributed by atoms with Crippen LogP contribution >= 0.6 is 0 Å². The molecule has 21 heavy (non-hydrogen) atoms. The van der Waals surface area contributed by atoms with E-state index >= 15 is 0 Å². The van der Waals surface area contributed by atoms with E-state index in [0.29, 0.717) is 5.92 Å². The number of hydrogen-bond acceptors (Lipinski definition) is 2. The Morgan fingerprint density at radius 2 is 1.86 bits per heavy atom. The van der Waals surface area contributed by atoms with Gasteiger partial charge in [-0.2, -0.15) is 0 Å². The number of nitrogens with zero attached hydrogens (tertiary/aromatic N) is 1. The highest BCUT2D eigenvalue weighted by Crippen LogP contribution is 2.45. The zero-order valence-corrected chi connectivity index (χ0v) is 13.6. The van der Waals surface area contributed by atoms with Gasteiger partial charge in [0, 0.05) is 6.54 Å². The lowest BCUT2D eigenvalue weighted by Gasteiger charge is -2.46. The first-order valence-corrected chi connectivity index (χ1v) is 8.55. The number of carbonyl (C=O) groups is 2. The Balaban J connectivity index is 1.84. The van der Waals surface area contributed by atoms with Gasteiger partial charge >= 0.3 is 0 Å². The van der Waals surface area contributed by atoms with Gasteiger partial charge in [0.1, 0.15) is 11.6 Å². The Morgan fingerprint density at radius 1 is 1.24 bits per heavy atom. The van der Waals surface area contributed by atoms with Gasteiger partial charge in [-0.3, -0.25) is 9.59 Å². The predicted molar refractivity (Wildman–Crippen MR) is 81.6 cm³/mol. The lowest BCUT2D eigenvalue weighted by molar-refractivity contribution is -0.156. The lowest BCUT2D eigenvalue weighted by Crippen LogP contribution is -2.70. The molecule has 1 aliphatic heterocycles. The van der Waals surface area contributed by atoms with Gasteiger partial charge in [-0.05, 0) is 57.3 Å². The maximum absolute atomic E-state index is 13.0. The first-order chi connectivity index (χ1) is 9.92. The van der Waals surface area contributed by atoms with Crippen LogP contribution in [0.4, 0.5) is 0 Å². The summed E-state index contributed by atoms with van der Waals surface area (Å²) in [4.78, 5) is 27.3. The van der Waals surface area contributed by atoms with Gasteiger partial charge in [-0.15, -0.1) is 0 Å². The van der Waals surface area contributed by atoms with Crippen molar-refractivity contribution in [3.63, 3.8) is 0 Å². The minimum Gasteiger partial charge on any atom is -0.340 e.